The fraction of sp³-hybridized carbons (Fsp3) is 0.368. The van der Waals surface area contributed by atoms with Gasteiger partial charge in [0.2, 0.25) is 0 Å². The molecule has 3 rings (SSSR count). The average Bonchev–Trinajstić information content (AvgIpc) is 3.33. The number of nitrogens with two attached hydrogens (primary N) is 1. The number of hydrogen-bond acceptors (Lipinski definition) is 1. The van der Waals surface area contributed by atoms with Crippen LogP contribution in [0.15, 0.2) is 48.5 Å². The second-order valence-corrected chi connectivity index (χ2v) is 7.15. The first kappa shape index (κ1) is 14.6. The molecule has 0 spiro atoms. The summed E-state index contributed by atoms with van der Waals surface area (Å²) in [6, 6.07) is 17.4. The predicted octanol–water partition coefficient (Wildman–Crippen LogP) is 4.27. The Morgan fingerprint density at radius 3 is 2.43 bits per heavy atom. The number of nitrogen functional groups attached to an aromatic ring is 1. The van der Waals surface area contributed by atoms with Crippen LogP contribution in [0.4, 0.5) is 5.69 Å². The monoisotopic (exact) mass is 297 g/mol. The molecule has 2 atom stereocenters. The van der Waals surface area contributed by atoms with E-state index in [4.69, 9.17) is 5.73 Å². The Kier molecular flexibility index (Phi) is 4.04. The average molecular weight is 297 g/mol. The van der Waals surface area contributed by atoms with Crippen molar-refractivity contribution in [2.45, 2.75) is 38.0 Å². The molecule has 1 nitrogen and oxygen atoms in total. The highest BCUT2D eigenvalue weighted by molar-refractivity contribution is 7.28. The lowest BCUT2D eigenvalue weighted by Gasteiger charge is -2.32. The lowest BCUT2D eigenvalue weighted by atomic mass is 9.72. The Balaban J connectivity index is 1.99. The van der Waals surface area contributed by atoms with Crippen molar-refractivity contribution in [1.82, 2.24) is 0 Å². The molecule has 2 N–H and O–H groups in total. The van der Waals surface area contributed by atoms with E-state index >= 15 is 0 Å². The van der Waals surface area contributed by atoms with E-state index in [1.54, 1.807) is 0 Å². The summed E-state index contributed by atoms with van der Waals surface area (Å²) in [5.74, 6) is 0.950. The molecule has 2 aromatic rings. The summed E-state index contributed by atoms with van der Waals surface area (Å²) < 4.78 is 0. The lowest BCUT2D eigenvalue weighted by molar-refractivity contribution is 0.478. The second-order valence-electron chi connectivity index (χ2n) is 6.52. The van der Waals surface area contributed by atoms with Crippen molar-refractivity contribution in [2.24, 2.45) is 5.92 Å². The van der Waals surface area contributed by atoms with E-state index in [1.165, 1.54) is 36.8 Å². The van der Waals surface area contributed by atoms with Gasteiger partial charge in [0.15, 0.2) is 0 Å². The number of anilines is 1. The summed E-state index contributed by atoms with van der Waals surface area (Å²) >= 11 is 0. The molecule has 1 saturated carbocycles. The minimum atomic E-state index is 0.0519. The highest BCUT2D eigenvalue weighted by Gasteiger charge is 2.32. The molecular formula is C19H24NP. The topological polar surface area (TPSA) is 26.0 Å². The lowest BCUT2D eigenvalue weighted by Crippen LogP contribution is -2.24. The molecule has 21 heavy (non-hydrogen) atoms. The molecule has 1 fully saturated rings. The zero-order valence-corrected chi connectivity index (χ0v) is 13.8. The molecular weight excluding hydrogens is 273 g/mol. The maximum absolute atomic E-state index is 6.14. The van der Waals surface area contributed by atoms with Crippen LogP contribution in [0.5, 0.6) is 0 Å². The molecule has 2 aromatic carbocycles. The normalized spacial score (nSPS) is 17.4. The summed E-state index contributed by atoms with van der Waals surface area (Å²) in [6.07, 6.45) is 5.33. The molecule has 0 amide bonds. The fourth-order valence-electron chi connectivity index (χ4n) is 3.08. The van der Waals surface area contributed by atoms with Gasteiger partial charge in [0.25, 0.3) is 0 Å². The maximum atomic E-state index is 6.14. The first-order valence-corrected chi connectivity index (χ1v) is 8.38. The molecule has 1 aliphatic rings. The van der Waals surface area contributed by atoms with Crippen molar-refractivity contribution in [1.29, 1.82) is 0 Å². The summed E-state index contributed by atoms with van der Waals surface area (Å²) in [5, 5.41) is 1.08. The minimum absolute atomic E-state index is 0.0519. The Bertz CT molecular complexity index is 619. The first-order chi connectivity index (χ1) is 10.1. The highest BCUT2D eigenvalue weighted by atomic mass is 31.0. The largest absolute Gasteiger partial charge is 0.398 e. The Labute approximate surface area is 130 Å². The van der Waals surface area contributed by atoms with Gasteiger partial charge in [-0.25, -0.2) is 0 Å². The Hall–Kier alpha value is -1.33. The molecule has 110 valence electrons. The van der Waals surface area contributed by atoms with Crippen LogP contribution in [-0.4, -0.2) is 0 Å². The summed E-state index contributed by atoms with van der Waals surface area (Å²) in [5.41, 5.74) is 9.78. The van der Waals surface area contributed by atoms with Gasteiger partial charge in [-0.1, -0.05) is 62.2 Å². The third kappa shape index (κ3) is 3.14. The van der Waals surface area contributed by atoms with Gasteiger partial charge in [-0.15, -0.1) is 9.24 Å². The SMILES string of the molecule is CC(CCC1CC1)(c1ccccc1)c1ccc(P)c(N)c1. The zero-order chi connectivity index (χ0) is 14.9. The van der Waals surface area contributed by atoms with Gasteiger partial charge in [0.05, 0.1) is 0 Å². The molecule has 0 bridgehead atoms. The number of rotatable bonds is 5. The van der Waals surface area contributed by atoms with Crippen LogP contribution in [0.3, 0.4) is 0 Å². The van der Waals surface area contributed by atoms with Crippen LogP contribution in [0.2, 0.25) is 0 Å². The van der Waals surface area contributed by atoms with Gasteiger partial charge in [0, 0.05) is 11.1 Å². The molecule has 2 unspecified atom stereocenters. The van der Waals surface area contributed by atoms with E-state index in [-0.39, 0.29) is 5.41 Å². The zero-order valence-electron chi connectivity index (χ0n) is 12.7. The minimum Gasteiger partial charge on any atom is -0.398 e. The van der Waals surface area contributed by atoms with Crippen molar-refractivity contribution in [3.8, 4) is 0 Å². The van der Waals surface area contributed by atoms with Crippen molar-refractivity contribution < 1.29 is 0 Å². The standard InChI is InChI=1S/C19H24NP/c1-19(12-11-14-7-8-14,15-5-3-2-4-6-15)16-9-10-18(21)17(20)13-16/h2-6,9-10,13-14H,7-8,11-12,20-21H2,1H3. The molecule has 0 radical (unpaired) electrons. The molecule has 0 saturated heterocycles. The van der Waals surface area contributed by atoms with E-state index in [9.17, 15) is 0 Å². The molecule has 1 aliphatic carbocycles. The van der Waals surface area contributed by atoms with Crippen molar-refractivity contribution in [2.75, 3.05) is 5.73 Å². The predicted molar refractivity (Wildman–Crippen MR) is 95.1 cm³/mol. The van der Waals surface area contributed by atoms with Crippen molar-refractivity contribution in [3.05, 3.63) is 59.7 Å². The van der Waals surface area contributed by atoms with E-state index in [2.05, 4.69) is 64.7 Å². The quantitative estimate of drug-likeness (QED) is 0.647. The smallest absolute Gasteiger partial charge is 0.0389 e. The second kappa shape index (κ2) is 5.81. The van der Waals surface area contributed by atoms with Crippen molar-refractivity contribution in [3.63, 3.8) is 0 Å². The van der Waals surface area contributed by atoms with Gasteiger partial charge < -0.3 is 5.73 Å². The van der Waals surface area contributed by atoms with Crippen LogP contribution in [0, 0.1) is 5.92 Å². The summed E-state index contributed by atoms with van der Waals surface area (Å²) in [4.78, 5) is 0. The van der Waals surface area contributed by atoms with Gasteiger partial charge in [-0.3, -0.25) is 0 Å². The Morgan fingerprint density at radius 1 is 1.10 bits per heavy atom. The van der Waals surface area contributed by atoms with Gasteiger partial charge >= 0.3 is 0 Å². The summed E-state index contributed by atoms with van der Waals surface area (Å²) in [7, 11) is 2.71. The number of hydrogen-bond donors (Lipinski definition) is 1. The Morgan fingerprint density at radius 2 is 1.81 bits per heavy atom. The third-order valence-corrected chi connectivity index (χ3v) is 5.41. The van der Waals surface area contributed by atoms with Gasteiger partial charge in [0.1, 0.15) is 0 Å². The fourth-order valence-corrected chi connectivity index (χ4v) is 3.26. The number of benzene rings is 2. The van der Waals surface area contributed by atoms with Crippen LogP contribution in [-0.2, 0) is 5.41 Å². The van der Waals surface area contributed by atoms with Crippen LogP contribution in [0.1, 0.15) is 43.7 Å². The van der Waals surface area contributed by atoms with Crippen LogP contribution >= 0.6 is 9.24 Å². The van der Waals surface area contributed by atoms with Gasteiger partial charge in [-0.2, -0.15) is 0 Å². The van der Waals surface area contributed by atoms with Crippen LogP contribution < -0.4 is 11.0 Å². The van der Waals surface area contributed by atoms with E-state index in [0.29, 0.717) is 0 Å². The summed E-state index contributed by atoms with van der Waals surface area (Å²) in [6.45, 7) is 2.36. The molecule has 0 heterocycles. The molecule has 0 aliphatic heterocycles. The first-order valence-electron chi connectivity index (χ1n) is 7.80. The van der Waals surface area contributed by atoms with Crippen LogP contribution in [0.25, 0.3) is 0 Å². The van der Waals surface area contributed by atoms with E-state index in [0.717, 1.165) is 16.9 Å². The molecule has 0 aromatic heterocycles. The van der Waals surface area contributed by atoms with Gasteiger partial charge in [-0.05, 0) is 41.3 Å². The maximum Gasteiger partial charge on any atom is 0.0389 e. The third-order valence-electron chi connectivity index (χ3n) is 4.88. The van der Waals surface area contributed by atoms with Crippen molar-refractivity contribution >= 4 is 20.2 Å². The highest BCUT2D eigenvalue weighted by Crippen LogP contribution is 2.42. The van der Waals surface area contributed by atoms with E-state index < -0.39 is 0 Å². The molecule has 2 heteroatoms. The van der Waals surface area contributed by atoms with E-state index in [1.807, 2.05) is 0 Å².